The van der Waals surface area contributed by atoms with Gasteiger partial charge in [0.05, 0.1) is 0 Å². The number of hydrogen-bond acceptors (Lipinski definition) is 6. The molecule has 0 saturated heterocycles. The monoisotopic (exact) mass is 1060 g/mol. The second-order valence-electron chi connectivity index (χ2n) is 22.0. The first kappa shape index (κ1) is 72.8. The van der Waals surface area contributed by atoms with Gasteiger partial charge in [-0.3, -0.25) is 14.4 Å². The Bertz CT molecular complexity index is 1400. The molecule has 0 aliphatic heterocycles. The zero-order chi connectivity index (χ0) is 55.0. The molecule has 0 rings (SSSR count). The molecular weight excluding hydrogens is 937 g/mol. The minimum Gasteiger partial charge on any atom is -0.462 e. The van der Waals surface area contributed by atoms with Gasteiger partial charge in [-0.25, -0.2) is 0 Å². The second kappa shape index (κ2) is 64.4. The van der Waals surface area contributed by atoms with E-state index in [0.29, 0.717) is 19.3 Å². The number of unbranched alkanes of at least 4 members (excludes halogenated alkanes) is 37. The first-order valence-corrected chi connectivity index (χ1v) is 32.9. The summed E-state index contributed by atoms with van der Waals surface area (Å²) in [7, 11) is 0. The van der Waals surface area contributed by atoms with E-state index in [9.17, 15) is 14.4 Å². The van der Waals surface area contributed by atoms with Crippen molar-refractivity contribution in [1.29, 1.82) is 0 Å². The van der Waals surface area contributed by atoms with Crippen LogP contribution in [0.25, 0.3) is 0 Å². The molecule has 0 fully saturated rings. The average Bonchev–Trinajstić information content (AvgIpc) is 3.42. The Balaban J connectivity index is 4.16. The van der Waals surface area contributed by atoms with E-state index in [2.05, 4.69) is 93.7 Å². The standard InChI is InChI=1S/C70H124O6/c1-4-7-10-13-16-19-22-24-26-28-30-31-32-33-34-35-36-37-38-39-41-42-44-46-48-51-54-57-60-63-69(72)75-66-67(65-74-68(71)62-59-56-53-50-21-18-15-12-9-6-3)76-70(73)64-61-58-55-52-49-47-45-43-40-29-27-25-23-20-17-14-11-8-5-2/h8,11-12,15,17,20,25,27-28,30,40,43,67H,4-7,9-10,13-14,16,18-19,21-24,26,29,31-39,41-42,44-66H2,1-3H3/b11-8-,15-12-,20-17-,27-25-,30-28-,43-40-. The summed E-state index contributed by atoms with van der Waals surface area (Å²) in [6, 6.07) is 0. The predicted molar refractivity (Wildman–Crippen MR) is 330 cm³/mol. The number of rotatable bonds is 60. The van der Waals surface area contributed by atoms with Gasteiger partial charge in [-0.15, -0.1) is 0 Å². The molecule has 0 radical (unpaired) electrons. The van der Waals surface area contributed by atoms with Crippen LogP contribution in [0, 0.1) is 0 Å². The largest absolute Gasteiger partial charge is 0.462 e. The maximum Gasteiger partial charge on any atom is 0.306 e. The summed E-state index contributed by atoms with van der Waals surface area (Å²) in [5.41, 5.74) is 0. The Morgan fingerprint density at radius 1 is 0.276 bits per heavy atom. The highest BCUT2D eigenvalue weighted by Crippen LogP contribution is 2.17. The molecule has 0 aromatic rings. The minimum atomic E-state index is -0.786. The molecule has 76 heavy (non-hydrogen) atoms. The molecule has 6 heteroatoms. The van der Waals surface area contributed by atoms with E-state index in [4.69, 9.17) is 14.2 Å². The molecule has 0 aliphatic carbocycles. The van der Waals surface area contributed by atoms with Crippen LogP contribution in [0.3, 0.4) is 0 Å². The normalized spacial score (nSPS) is 12.5. The number of carbonyl (C=O) groups excluding carboxylic acids is 3. The van der Waals surface area contributed by atoms with Crippen LogP contribution in [0.2, 0.25) is 0 Å². The van der Waals surface area contributed by atoms with Crippen LogP contribution in [-0.2, 0) is 28.6 Å². The molecule has 0 amide bonds. The fraction of sp³-hybridized carbons (Fsp3) is 0.786. The fourth-order valence-corrected chi connectivity index (χ4v) is 9.49. The third-order valence-electron chi connectivity index (χ3n) is 14.4. The van der Waals surface area contributed by atoms with Crippen molar-refractivity contribution < 1.29 is 28.6 Å². The van der Waals surface area contributed by atoms with Gasteiger partial charge in [-0.05, 0) is 103 Å². The third-order valence-corrected chi connectivity index (χ3v) is 14.4. The first-order chi connectivity index (χ1) is 37.5. The lowest BCUT2D eigenvalue weighted by Crippen LogP contribution is -2.30. The quantitative estimate of drug-likeness (QED) is 0.0261. The molecule has 0 aromatic carbocycles. The molecular formula is C70H124O6. The predicted octanol–water partition coefficient (Wildman–Crippen LogP) is 22.5. The zero-order valence-electron chi connectivity index (χ0n) is 50.5. The summed E-state index contributed by atoms with van der Waals surface area (Å²) < 4.78 is 16.9. The van der Waals surface area contributed by atoms with Gasteiger partial charge in [0.25, 0.3) is 0 Å². The van der Waals surface area contributed by atoms with E-state index < -0.39 is 6.10 Å². The average molecular weight is 1060 g/mol. The topological polar surface area (TPSA) is 78.9 Å². The minimum absolute atomic E-state index is 0.0818. The van der Waals surface area contributed by atoms with E-state index in [0.717, 1.165) is 109 Å². The van der Waals surface area contributed by atoms with Crippen molar-refractivity contribution in [2.45, 2.75) is 341 Å². The van der Waals surface area contributed by atoms with Gasteiger partial charge in [-0.2, -0.15) is 0 Å². The summed E-state index contributed by atoms with van der Waals surface area (Å²) in [6.45, 7) is 6.48. The molecule has 1 atom stereocenters. The van der Waals surface area contributed by atoms with Gasteiger partial charge in [0, 0.05) is 19.3 Å². The number of esters is 3. The van der Waals surface area contributed by atoms with Gasteiger partial charge in [0.1, 0.15) is 13.2 Å². The van der Waals surface area contributed by atoms with Crippen LogP contribution in [0.1, 0.15) is 335 Å². The molecule has 0 heterocycles. The first-order valence-electron chi connectivity index (χ1n) is 32.9. The van der Waals surface area contributed by atoms with Crippen molar-refractivity contribution >= 4 is 17.9 Å². The molecule has 6 nitrogen and oxygen atoms in total. The highest BCUT2D eigenvalue weighted by atomic mass is 16.6. The molecule has 0 spiro atoms. The van der Waals surface area contributed by atoms with Crippen LogP contribution in [-0.4, -0.2) is 37.2 Å². The van der Waals surface area contributed by atoms with Gasteiger partial charge in [0.15, 0.2) is 6.10 Å². The van der Waals surface area contributed by atoms with Crippen molar-refractivity contribution in [3.63, 3.8) is 0 Å². The van der Waals surface area contributed by atoms with Crippen LogP contribution >= 0.6 is 0 Å². The van der Waals surface area contributed by atoms with Crippen molar-refractivity contribution in [1.82, 2.24) is 0 Å². The fourth-order valence-electron chi connectivity index (χ4n) is 9.49. The van der Waals surface area contributed by atoms with Crippen LogP contribution < -0.4 is 0 Å². The summed E-state index contributed by atoms with van der Waals surface area (Å²) in [5.74, 6) is -0.894. The Hall–Kier alpha value is -3.15. The Morgan fingerprint density at radius 2 is 0.539 bits per heavy atom. The summed E-state index contributed by atoms with van der Waals surface area (Å²) in [5, 5.41) is 0. The lowest BCUT2D eigenvalue weighted by molar-refractivity contribution is -0.167. The SMILES string of the molecule is CC/C=C\C/C=C\C/C=C\C/C=C\CCCCCCCCC(=O)OC(COC(=O)CCCCCCC/C=C\CCC)COC(=O)CCCCCCCCCCCCCCCCCCC/C=C\CCCCCCCCCC. The zero-order valence-corrected chi connectivity index (χ0v) is 50.5. The summed E-state index contributed by atoms with van der Waals surface area (Å²) in [4.78, 5) is 38.2. The van der Waals surface area contributed by atoms with Crippen LogP contribution in [0.4, 0.5) is 0 Å². The molecule has 0 N–H and O–H groups in total. The van der Waals surface area contributed by atoms with Gasteiger partial charge < -0.3 is 14.2 Å². The van der Waals surface area contributed by atoms with Gasteiger partial charge in [-0.1, -0.05) is 286 Å². The number of ether oxygens (including phenoxy) is 3. The van der Waals surface area contributed by atoms with Gasteiger partial charge in [0.2, 0.25) is 0 Å². The molecule has 0 saturated carbocycles. The number of allylic oxidation sites excluding steroid dienone is 12. The van der Waals surface area contributed by atoms with Crippen LogP contribution in [0.15, 0.2) is 72.9 Å². The van der Waals surface area contributed by atoms with Crippen LogP contribution in [0.5, 0.6) is 0 Å². The Morgan fingerprint density at radius 3 is 0.868 bits per heavy atom. The molecule has 0 aromatic heterocycles. The Labute approximate surface area is 472 Å². The van der Waals surface area contributed by atoms with Crippen molar-refractivity contribution in [3.05, 3.63) is 72.9 Å². The third kappa shape index (κ3) is 61.7. The van der Waals surface area contributed by atoms with E-state index in [-0.39, 0.29) is 31.1 Å². The molecule has 440 valence electrons. The maximum atomic E-state index is 12.9. The summed E-state index contributed by atoms with van der Waals surface area (Å²) >= 11 is 0. The van der Waals surface area contributed by atoms with E-state index in [1.807, 2.05) is 0 Å². The van der Waals surface area contributed by atoms with Crippen molar-refractivity contribution in [3.8, 4) is 0 Å². The van der Waals surface area contributed by atoms with E-state index in [1.165, 1.54) is 186 Å². The summed E-state index contributed by atoms with van der Waals surface area (Å²) in [6.07, 6.45) is 83.6. The number of hydrogen-bond donors (Lipinski definition) is 0. The lowest BCUT2D eigenvalue weighted by atomic mass is 10.0. The van der Waals surface area contributed by atoms with Crippen molar-refractivity contribution in [2.24, 2.45) is 0 Å². The second-order valence-corrected chi connectivity index (χ2v) is 22.0. The Kier molecular flexibility index (Phi) is 61.7. The van der Waals surface area contributed by atoms with E-state index >= 15 is 0 Å². The smallest absolute Gasteiger partial charge is 0.306 e. The van der Waals surface area contributed by atoms with Crippen molar-refractivity contribution in [2.75, 3.05) is 13.2 Å². The highest BCUT2D eigenvalue weighted by Gasteiger charge is 2.19. The maximum absolute atomic E-state index is 12.9. The molecule has 0 aliphatic rings. The lowest BCUT2D eigenvalue weighted by Gasteiger charge is -2.18. The van der Waals surface area contributed by atoms with Gasteiger partial charge >= 0.3 is 17.9 Å². The highest BCUT2D eigenvalue weighted by molar-refractivity contribution is 5.71. The number of carbonyl (C=O) groups is 3. The molecule has 1 unspecified atom stereocenters. The molecule has 0 bridgehead atoms. The van der Waals surface area contributed by atoms with E-state index in [1.54, 1.807) is 0 Å².